The molecule has 16 heavy (non-hydrogen) atoms. The number of anilines is 1. The summed E-state index contributed by atoms with van der Waals surface area (Å²) in [6.45, 7) is 0.510. The van der Waals surface area contributed by atoms with Crippen LogP contribution in [0, 0.1) is 5.82 Å². The SMILES string of the molecule is O=S1(=O)CC2CC1CN2c1cccc(F)c1. The van der Waals surface area contributed by atoms with Crippen LogP contribution in [0.15, 0.2) is 24.3 Å². The Hall–Kier alpha value is -1.10. The molecule has 0 N–H and O–H groups in total. The molecule has 2 saturated heterocycles. The van der Waals surface area contributed by atoms with Crippen LogP contribution >= 0.6 is 0 Å². The van der Waals surface area contributed by atoms with E-state index >= 15 is 0 Å². The van der Waals surface area contributed by atoms with Crippen LogP contribution in [0.4, 0.5) is 10.1 Å². The molecular weight excluding hydrogens is 229 g/mol. The largest absolute Gasteiger partial charge is 0.366 e. The van der Waals surface area contributed by atoms with Crippen LogP contribution in [-0.2, 0) is 9.84 Å². The lowest BCUT2D eigenvalue weighted by molar-refractivity contribution is 0.585. The van der Waals surface area contributed by atoms with Crippen molar-refractivity contribution in [2.24, 2.45) is 0 Å². The van der Waals surface area contributed by atoms with Crippen LogP contribution in [0.25, 0.3) is 0 Å². The first-order chi connectivity index (χ1) is 7.56. The molecule has 1 aromatic carbocycles. The van der Waals surface area contributed by atoms with Crippen LogP contribution < -0.4 is 4.90 Å². The lowest BCUT2D eigenvalue weighted by Crippen LogP contribution is -2.40. The maximum Gasteiger partial charge on any atom is 0.156 e. The van der Waals surface area contributed by atoms with Crippen LogP contribution in [-0.4, -0.2) is 32.0 Å². The van der Waals surface area contributed by atoms with E-state index in [1.165, 1.54) is 12.1 Å². The number of rotatable bonds is 1. The average Bonchev–Trinajstić information content (AvgIpc) is 2.72. The van der Waals surface area contributed by atoms with E-state index in [0.29, 0.717) is 13.0 Å². The number of halogens is 1. The van der Waals surface area contributed by atoms with E-state index in [1.807, 2.05) is 11.0 Å². The highest BCUT2D eigenvalue weighted by Crippen LogP contribution is 2.36. The summed E-state index contributed by atoms with van der Waals surface area (Å²) in [7, 11) is -2.87. The van der Waals surface area contributed by atoms with E-state index in [9.17, 15) is 12.8 Å². The molecule has 0 saturated carbocycles. The number of hydrogen-bond donors (Lipinski definition) is 0. The van der Waals surface area contributed by atoms with E-state index in [-0.39, 0.29) is 22.9 Å². The molecule has 3 nitrogen and oxygen atoms in total. The van der Waals surface area contributed by atoms with Gasteiger partial charge in [0.2, 0.25) is 0 Å². The van der Waals surface area contributed by atoms with Gasteiger partial charge in [-0.1, -0.05) is 6.07 Å². The topological polar surface area (TPSA) is 37.4 Å². The molecule has 0 spiro atoms. The monoisotopic (exact) mass is 241 g/mol. The minimum absolute atomic E-state index is 0.0387. The zero-order valence-electron chi connectivity index (χ0n) is 8.64. The summed E-state index contributed by atoms with van der Waals surface area (Å²) in [5.74, 6) is -0.0584. The van der Waals surface area contributed by atoms with E-state index in [4.69, 9.17) is 0 Å². The minimum atomic E-state index is -2.87. The molecular formula is C11H12FNO2S. The fraction of sp³-hybridized carbons (Fsp3) is 0.455. The summed E-state index contributed by atoms with van der Waals surface area (Å²) in [6, 6.07) is 6.39. The van der Waals surface area contributed by atoms with Gasteiger partial charge in [0.25, 0.3) is 0 Å². The Labute approximate surface area is 93.8 Å². The van der Waals surface area contributed by atoms with Gasteiger partial charge in [-0.15, -0.1) is 0 Å². The molecule has 5 heteroatoms. The Morgan fingerprint density at radius 3 is 2.75 bits per heavy atom. The maximum absolute atomic E-state index is 13.1. The van der Waals surface area contributed by atoms with Crippen molar-refractivity contribution in [1.82, 2.24) is 0 Å². The van der Waals surface area contributed by atoms with Gasteiger partial charge in [-0.2, -0.15) is 0 Å². The third-order valence-corrected chi connectivity index (χ3v) is 5.66. The van der Waals surface area contributed by atoms with E-state index in [0.717, 1.165) is 5.69 Å². The van der Waals surface area contributed by atoms with E-state index in [2.05, 4.69) is 0 Å². The molecule has 2 aliphatic heterocycles. The van der Waals surface area contributed by atoms with Crippen molar-refractivity contribution >= 4 is 15.5 Å². The molecule has 0 amide bonds. The Kier molecular flexibility index (Phi) is 2.01. The maximum atomic E-state index is 13.1. The van der Waals surface area contributed by atoms with Gasteiger partial charge in [0.15, 0.2) is 9.84 Å². The van der Waals surface area contributed by atoms with Crippen molar-refractivity contribution in [2.75, 3.05) is 17.2 Å². The molecule has 2 fully saturated rings. The Bertz CT molecular complexity index is 529. The smallest absolute Gasteiger partial charge is 0.156 e. The van der Waals surface area contributed by atoms with Crippen molar-refractivity contribution in [3.63, 3.8) is 0 Å². The van der Waals surface area contributed by atoms with Crippen molar-refractivity contribution < 1.29 is 12.8 Å². The zero-order chi connectivity index (χ0) is 11.3. The van der Waals surface area contributed by atoms with Gasteiger partial charge in [-0.05, 0) is 24.6 Å². The van der Waals surface area contributed by atoms with Gasteiger partial charge >= 0.3 is 0 Å². The van der Waals surface area contributed by atoms with Crippen molar-refractivity contribution in [3.05, 3.63) is 30.1 Å². The van der Waals surface area contributed by atoms with Crippen LogP contribution in [0.2, 0.25) is 0 Å². The second kappa shape index (κ2) is 3.20. The first-order valence-electron chi connectivity index (χ1n) is 5.30. The van der Waals surface area contributed by atoms with Gasteiger partial charge in [0.1, 0.15) is 5.82 Å². The van der Waals surface area contributed by atoms with Gasteiger partial charge in [-0.3, -0.25) is 0 Å². The van der Waals surface area contributed by atoms with Crippen LogP contribution in [0.5, 0.6) is 0 Å². The second-order valence-corrected chi connectivity index (χ2v) is 6.80. The lowest BCUT2D eigenvalue weighted by Gasteiger charge is -2.28. The average molecular weight is 241 g/mol. The Morgan fingerprint density at radius 1 is 1.38 bits per heavy atom. The van der Waals surface area contributed by atoms with Crippen molar-refractivity contribution in [3.8, 4) is 0 Å². The summed E-state index contributed by atoms with van der Waals surface area (Å²) >= 11 is 0. The second-order valence-electron chi connectivity index (χ2n) is 4.47. The Balaban J connectivity index is 1.91. The van der Waals surface area contributed by atoms with Gasteiger partial charge < -0.3 is 4.90 Å². The lowest BCUT2D eigenvalue weighted by atomic mass is 10.2. The number of nitrogens with zero attached hydrogens (tertiary/aromatic N) is 1. The molecule has 1 aromatic rings. The molecule has 86 valence electrons. The fourth-order valence-corrected chi connectivity index (χ4v) is 4.69. The molecule has 0 aliphatic carbocycles. The number of fused-ring (bicyclic) bond motifs is 2. The molecule has 2 atom stereocenters. The third-order valence-electron chi connectivity index (χ3n) is 3.45. The molecule has 2 bridgehead atoms. The molecule has 2 heterocycles. The zero-order valence-corrected chi connectivity index (χ0v) is 9.45. The first-order valence-corrected chi connectivity index (χ1v) is 7.01. The van der Waals surface area contributed by atoms with Gasteiger partial charge in [-0.25, -0.2) is 12.8 Å². The van der Waals surface area contributed by atoms with Gasteiger partial charge in [0.05, 0.1) is 11.0 Å². The summed E-state index contributed by atoms with van der Waals surface area (Å²) in [5, 5.41) is -0.249. The van der Waals surface area contributed by atoms with E-state index in [1.54, 1.807) is 6.07 Å². The van der Waals surface area contributed by atoms with Crippen molar-refractivity contribution in [2.45, 2.75) is 17.7 Å². The predicted octanol–water partition coefficient (Wildman–Crippen LogP) is 1.20. The van der Waals surface area contributed by atoms with Crippen LogP contribution in [0.3, 0.4) is 0 Å². The van der Waals surface area contributed by atoms with E-state index < -0.39 is 9.84 Å². The Morgan fingerprint density at radius 2 is 2.19 bits per heavy atom. The highest BCUT2D eigenvalue weighted by molar-refractivity contribution is 7.92. The third kappa shape index (κ3) is 1.42. The normalized spacial score (nSPS) is 30.9. The summed E-state index contributed by atoms with van der Waals surface area (Å²) in [5.41, 5.74) is 0.794. The fourth-order valence-electron chi connectivity index (χ4n) is 2.67. The first kappa shape index (κ1) is 10.1. The molecule has 2 unspecified atom stereocenters. The summed E-state index contributed by atoms with van der Waals surface area (Å²) in [6.07, 6.45) is 0.693. The standard InChI is InChI=1S/C11H12FNO2S/c12-8-2-1-3-9(4-8)13-6-11-5-10(13)7-16(11,14)15/h1-4,10-11H,5-7H2. The highest BCUT2D eigenvalue weighted by atomic mass is 32.2. The number of sulfone groups is 1. The quantitative estimate of drug-likeness (QED) is 0.741. The highest BCUT2D eigenvalue weighted by Gasteiger charge is 2.48. The van der Waals surface area contributed by atoms with Gasteiger partial charge in [0, 0.05) is 18.3 Å². The molecule has 2 aliphatic rings. The van der Waals surface area contributed by atoms with Crippen LogP contribution in [0.1, 0.15) is 6.42 Å². The summed E-state index contributed by atoms with van der Waals surface area (Å²) in [4.78, 5) is 2.01. The number of benzene rings is 1. The minimum Gasteiger partial charge on any atom is -0.366 e. The molecule has 0 aromatic heterocycles. The molecule has 0 radical (unpaired) electrons. The summed E-state index contributed by atoms with van der Waals surface area (Å²) < 4.78 is 36.2. The molecule has 3 rings (SSSR count). The predicted molar refractivity (Wildman–Crippen MR) is 59.7 cm³/mol. The number of hydrogen-bond acceptors (Lipinski definition) is 3. The van der Waals surface area contributed by atoms with Crippen molar-refractivity contribution in [1.29, 1.82) is 0 Å².